The molecular weight excluding hydrogens is 224 g/mol. The lowest BCUT2D eigenvalue weighted by molar-refractivity contribution is 0.604. The van der Waals surface area contributed by atoms with Gasteiger partial charge in [-0.05, 0) is 50.3 Å². The summed E-state index contributed by atoms with van der Waals surface area (Å²) in [5, 5.41) is 3.34. The molecule has 0 radical (unpaired) electrons. The fraction of sp³-hybridized carbons (Fsp3) is 0.667. The number of nitrogens with one attached hydrogen (secondary N) is 1. The molecule has 1 aromatic heterocycles. The summed E-state index contributed by atoms with van der Waals surface area (Å²) in [6, 6.07) is 2.14. The molecule has 1 aromatic rings. The SMILES string of the molecule is CCCNCc1cc2c(n(CCC)c1=O)CCC2. The van der Waals surface area contributed by atoms with Gasteiger partial charge in [0.25, 0.3) is 5.56 Å². The maximum absolute atomic E-state index is 12.4. The second-order valence-corrected chi connectivity index (χ2v) is 5.13. The van der Waals surface area contributed by atoms with E-state index in [-0.39, 0.29) is 5.56 Å². The highest BCUT2D eigenvalue weighted by Gasteiger charge is 2.18. The Morgan fingerprint density at radius 3 is 2.83 bits per heavy atom. The molecule has 18 heavy (non-hydrogen) atoms. The van der Waals surface area contributed by atoms with Gasteiger partial charge in [-0.15, -0.1) is 0 Å². The minimum atomic E-state index is 0.223. The number of aromatic nitrogens is 1. The standard InChI is InChI=1S/C15H24N2O/c1-3-8-16-11-13-10-12-6-5-7-14(12)17(9-4-2)15(13)18/h10,16H,3-9,11H2,1-2H3. The Morgan fingerprint density at radius 1 is 1.28 bits per heavy atom. The summed E-state index contributed by atoms with van der Waals surface area (Å²) in [6.07, 6.45) is 5.55. The van der Waals surface area contributed by atoms with Crippen LogP contribution in [0.2, 0.25) is 0 Å². The number of nitrogens with zero attached hydrogens (tertiary/aromatic N) is 1. The second-order valence-electron chi connectivity index (χ2n) is 5.13. The maximum Gasteiger partial charge on any atom is 0.255 e. The van der Waals surface area contributed by atoms with Gasteiger partial charge in [0.2, 0.25) is 0 Å². The average molecular weight is 248 g/mol. The Bertz CT molecular complexity index is 462. The average Bonchev–Trinajstić information content (AvgIpc) is 2.82. The van der Waals surface area contributed by atoms with Crippen molar-refractivity contribution in [2.45, 2.75) is 59.0 Å². The predicted molar refractivity (Wildman–Crippen MR) is 75.0 cm³/mol. The van der Waals surface area contributed by atoms with E-state index in [4.69, 9.17) is 0 Å². The number of hydrogen-bond donors (Lipinski definition) is 1. The van der Waals surface area contributed by atoms with Crippen LogP contribution in [0.25, 0.3) is 0 Å². The molecule has 0 unspecified atom stereocenters. The van der Waals surface area contributed by atoms with Crippen LogP contribution in [0.4, 0.5) is 0 Å². The van der Waals surface area contributed by atoms with E-state index >= 15 is 0 Å². The Kier molecular flexibility index (Phi) is 4.59. The summed E-state index contributed by atoms with van der Waals surface area (Å²) in [5.41, 5.74) is 3.86. The molecule has 0 fully saturated rings. The summed E-state index contributed by atoms with van der Waals surface area (Å²) in [5.74, 6) is 0. The topological polar surface area (TPSA) is 34.0 Å². The molecule has 0 aromatic carbocycles. The molecule has 3 heteroatoms. The first-order chi connectivity index (χ1) is 8.77. The molecule has 0 amide bonds. The largest absolute Gasteiger partial charge is 0.312 e. The van der Waals surface area contributed by atoms with Crippen molar-refractivity contribution in [3.05, 3.63) is 33.2 Å². The zero-order valence-corrected chi connectivity index (χ0v) is 11.6. The van der Waals surface area contributed by atoms with Crippen LogP contribution in [-0.2, 0) is 25.9 Å². The van der Waals surface area contributed by atoms with Crippen molar-refractivity contribution < 1.29 is 0 Å². The van der Waals surface area contributed by atoms with Crippen molar-refractivity contribution >= 4 is 0 Å². The van der Waals surface area contributed by atoms with Crippen LogP contribution in [0.5, 0.6) is 0 Å². The first-order valence-corrected chi connectivity index (χ1v) is 7.23. The van der Waals surface area contributed by atoms with Crippen LogP contribution in [-0.4, -0.2) is 11.1 Å². The van der Waals surface area contributed by atoms with Gasteiger partial charge in [-0.2, -0.15) is 0 Å². The summed E-state index contributed by atoms with van der Waals surface area (Å²) in [7, 11) is 0. The molecule has 0 aliphatic heterocycles. The lowest BCUT2D eigenvalue weighted by Crippen LogP contribution is -2.30. The highest BCUT2D eigenvalue weighted by Crippen LogP contribution is 2.21. The molecule has 0 atom stereocenters. The molecule has 1 aliphatic carbocycles. The minimum absolute atomic E-state index is 0.223. The van der Waals surface area contributed by atoms with Crippen molar-refractivity contribution in [1.82, 2.24) is 9.88 Å². The molecule has 0 saturated heterocycles. The van der Waals surface area contributed by atoms with E-state index in [1.54, 1.807) is 0 Å². The smallest absolute Gasteiger partial charge is 0.255 e. The Morgan fingerprint density at radius 2 is 2.11 bits per heavy atom. The van der Waals surface area contributed by atoms with Crippen LogP contribution < -0.4 is 10.9 Å². The zero-order valence-electron chi connectivity index (χ0n) is 11.6. The van der Waals surface area contributed by atoms with Gasteiger partial charge < -0.3 is 9.88 Å². The third-order valence-electron chi connectivity index (χ3n) is 3.61. The summed E-state index contributed by atoms with van der Waals surface area (Å²) >= 11 is 0. The van der Waals surface area contributed by atoms with Gasteiger partial charge in [-0.3, -0.25) is 4.79 Å². The van der Waals surface area contributed by atoms with Crippen molar-refractivity contribution in [3.8, 4) is 0 Å². The van der Waals surface area contributed by atoms with Gasteiger partial charge in [0.1, 0.15) is 0 Å². The van der Waals surface area contributed by atoms with Gasteiger partial charge in [0.15, 0.2) is 0 Å². The van der Waals surface area contributed by atoms with Gasteiger partial charge in [0, 0.05) is 24.3 Å². The Hall–Kier alpha value is -1.09. The van der Waals surface area contributed by atoms with E-state index in [0.717, 1.165) is 44.3 Å². The molecule has 1 heterocycles. The number of pyridine rings is 1. The molecule has 2 rings (SSSR count). The van der Waals surface area contributed by atoms with Gasteiger partial charge in [-0.25, -0.2) is 0 Å². The number of fused-ring (bicyclic) bond motifs is 1. The third-order valence-corrected chi connectivity index (χ3v) is 3.61. The molecular formula is C15H24N2O. The van der Waals surface area contributed by atoms with Crippen LogP contribution >= 0.6 is 0 Å². The van der Waals surface area contributed by atoms with E-state index in [1.165, 1.54) is 17.7 Å². The molecule has 1 aliphatic rings. The van der Waals surface area contributed by atoms with Crippen molar-refractivity contribution in [2.24, 2.45) is 0 Å². The van der Waals surface area contributed by atoms with Crippen molar-refractivity contribution in [2.75, 3.05) is 6.54 Å². The number of hydrogen-bond acceptors (Lipinski definition) is 2. The van der Waals surface area contributed by atoms with Crippen LogP contribution in [0.3, 0.4) is 0 Å². The fourth-order valence-corrected chi connectivity index (χ4v) is 2.77. The second kappa shape index (κ2) is 6.19. The first kappa shape index (κ1) is 13.3. The first-order valence-electron chi connectivity index (χ1n) is 7.23. The monoisotopic (exact) mass is 248 g/mol. The molecule has 0 spiro atoms. The quantitative estimate of drug-likeness (QED) is 0.783. The van der Waals surface area contributed by atoms with E-state index in [9.17, 15) is 4.79 Å². The highest BCUT2D eigenvalue weighted by atomic mass is 16.1. The predicted octanol–water partition coefficient (Wildman–Crippen LogP) is 2.25. The van der Waals surface area contributed by atoms with E-state index < -0.39 is 0 Å². The number of rotatable bonds is 6. The van der Waals surface area contributed by atoms with E-state index in [0.29, 0.717) is 6.54 Å². The van der Waals surface area contributed by atoms with E-state index in [2.05, 4.69) is 25.2 Å². The molecule has 1 N–H and O–H groups in total. The molecule has 0 saturated carbocycles. The minimum Gasteiger partial charge on any atom is -0.312 e. The maximum atomic E-state index is 12.4. The van der Waals surface area contributed by atoms with E-state index in [1.807, 2.05) is 4.57 Å². The lowest BCUT2D eigenvalue weighted by Gasteiger charge is -2.14. The van der Waals surface area contributed by atoms with Gasteiger partial charge in [0.05, 0.1) is 0 Å². The summed E-state index contributed by atoms with van der Waals surface area (Å²) in [4.78, 5) is 12.4. The zero-order chi connectivity index (χ0) is 13.0. The van der Waals surface area contributed by atoms with Crippen molar-refractivity contribution in [1.29, 1.82) is 0 Å². The summed E-state index contributed by atoms with van der Waals surface area (Å²) in [6.45, 7) is 6.83. The van der Waals surface area contributed by atoms with Gasteiger partial charge >= 0.3 is 0 Å². The number of aryl methyl sites for hydroxylation is 1. The third kappa shape index (κ3) is 2.66. The molecule has 100 valence electrons. The Labute approximate surface area is 109 Å². The van der Waals surface area contributed by atoms with Crippen molar-refractivity contribution in [3.63, 3.8) is 0 Å². The lowest BCUT2D eigenvalue weighted by atomic mass is 10.1. The van der Waals surface area contributed by atoms with Crippen LogP contribution in [0.15, 0.2) is 10.9 Å². The fourth-order valence-electron chi connectivity index (χ4n) is 2.77. The Balaban J connectivity index is 2.30. The molecule has 3 nitrogen and oxygen atoms in total. The normalized spacial score (nSPS) is 13.9. The van der Waals surface area contributed by atoms with Gasteiger partial charge in [-0.1, -0.05) is 13.8 Å². The highest BCUT2D eigenvalue weighted by molar-refractivity contribution is 5.30. The molecule has 0 bridgehead atoms. The van der Waals surface area contributed by atoms with Crippen LogP contribution in [0, 0.1) is 0 Å². The summed E-state index contributed by atoms with van der Waals surface area (Å²) < 4.78 is 2.02. The van der Waals surface area contributed by atoms with Crippen LogP contribution in [0.1, 0.15) is 49.9 Å².